The first-order chi connectivity index (χ1) is 9.83. The number of thiazole rings is 1. The summed E-state index contributed by atoms with van der Waals surface area (Å²) in [4.78, 5) is 8.88. The first-order valence-electron chi connectivity index (χ1n) is 6.17. The summed E-state index contributed by atoms with van der Waals surface area (Å²) >= 11 is 7.70. The van der Waals surface area contributed by atoms with Crippen LogP contribution in [0.25, 0.3) is 10.7 Å². The van der Waals surface area contributed by atoms with Crippen molar-refractivity contribution < 1.29 is 0 Å². The molecule has 0 aliphatic carbocycles. The number of aromatic nitrogens is 2. The zero-order valence-corrected chi connectivity index (χ0v) is 12.2. The molecule has 0 saturated carbocycles. The molecular weight excluding hydrogens is 290 g/mol. The maximum atomic E-state index is 6.10. The van der Waals surface area contributed by atoms with Crippen LogP contribution in [0, 0.1) is 0 Å². The number of pyridine rings is 1. The van der Waals surface area contributed by atoms with E-state index in [1.807, 2.05) is 47.8 Å². The van der Waals surface area contributed by atoms with Gasteiger partial charge in [-0.1, -0.05) is 29.8 Å². The van der Waals surface area contributed by atoms with E-state index < -0.39 is 0 Å². The van der Waals surface area contributed by atoms with Crippen molar-refractivity contribution in [3.63, 3.8) is 0 Å². The molecular formula is C15H12ClN3S. The Balaban J connectivity index is 1.71. The van der Waals surface area contributed by atoms with E-state index in [-0.39, 0.29) is 0 Å². The smallest absolute Gasteiger partial charge is 0.142 e. The normalized spacial score (nSPS) is 10.4. The summed E-state index contributed by atoms with van der Waals surface area (Å²) in [5.41, 5.74) is 2.80. The van der Waals surface area contributed by atoms with Gasteiger partial charge in [0.15, 0.2) is 0 Å². The van der Waals surface area contributed by atoms with Gasteiger partial charge >= 0.3 is 0 Å². The molecule has 0 aliphatic heterocycles. The minimum absolute atomic E-state index is 0.646. The molecule has 2 aromatic heterocycles. The van der Waals surface area contributed by atoms with Gasteiger partial charge in [0, 0.05) is 11.6 Å². The average Bonchev–Trinajstić information content (AvgIpc) is 2.96. The Bertz CT molecular complexity index is 697. The molecule has 0 bridgehead atoms. The van der Waals surface area contributed by atoms with Gasteiger partial charge in [-0.3, -0.25) is 4.98 Å². The van der Waals surface area contributed by atoms with Crippen LogP contribution in [0.4, 0.5) is 5.69 Å². The zero-order chi connectivity index (χ0) is 13.8. The highest BCUT2D eigenvalue weighted by molar-refractivity contribution is 7.13. The van der Waals surface area contributed by atoms with Crippen LogP contribution in [0.2, 0.25) is 5.02 Å². The van der Waals surface area contributed by atoms with Crippen LogP contribution in [-0.2, 0) is 6.54 Å². The van der Waals surface area contributed by atoms with E-state index in [1.54, 1.807) is 17.5 Å². The second kappa shape index (κ2) is 6.03. The molecule has 0 spiro atoms. The number of rotatable bonds is 4. The number of para-hydroxylation sites is 1. The van der Waals surface area contributed by atoms with Crippen molar-refractivity contribution in [3.8, 4) is 10.7 Å². The predicted octanol–water partition coefficient (Wildman–Crippen LogP) is 4.47. The van der Waals surface area contributed by atoms with Gasteiger partial charge in [0.1, 0.15) is 5.01 Å². The fourth-order valence-electron chi connectivity index (χ4n) is 1.79. The van der Waals surface area contributed by atoms with Crippen LogP contribution in [-0.4, -0.2) is 9.97 Å². The highest BCUT2D eigenvalue weighted by Crippen LogP contribution is 2.24. The highest BCUT2D eigenvalue weighted by Gasteiger charge is 2.06. The van der Waals surface area contributed by atoms with Crippen LogP contribution < -0.4 is 5.32 Å². The maximum absolute atomic E-state index is 6.10. The lowest BCUT2D eigenvalue weighted by Gasteiger charge is -2.05. The van der Waals surface area contributed by atoms with Gasteiger partial charge in [-0.2, -0.15) is 0 Å². The number of halogens is 1. The first kappa shape index (κ1) is 13.1. The molecule has 2 heterocycles. The Morgan fingerprint density at radius 1 is 1.10 bits per heavy atom. The molecule has 3 aromatic rings. The Kier molecular flexibility index (Phi) is 3.95. The van der Waals surface area contributed by atoms with Crippen molar-refractivity contribution in [2.45, 2.75) is 6.54 Å². The van der Waals surface area contributed by atoms with Crippen molar-refractivity contribution >= 4 is 28.6 Å². The van der Waals surface area contributed by atoms with Gasteiger partial charge in [0.05, 0.1) is 28.6 Å². The fourth-order valence-corrected chi connectivity index (χ4v) is 2.78. The Labute approximate surface area is 126 Å². The van der Waals surface area contributed by atoms with E-state index in [4.69, 9.17) is 11.6 Å². The second-order valence-corrected chi connectivity index (χ2v) is 5.46. The van der Waals surface area contributed by atoms with Gasteiger partial charge in [0.25, 0.3) is 0 Å². The molecule has 0 radical (unpaired) electrons. The Morgan fingerprint density at radius 2 is 1.95 bits per heavy atom. The third kappa shape index (κ3) is 2.98. The minimum Gasteiger partial charge on any atom is -0.378 e. The van der Waals surface area contributed by atoms with Crippen molar-refractivity contribution in [2.75, 3.05) is 5.32 Å². The van der Waals surface area contributed by atoms with E-state index in [0.717, 1.165) is 22.1 Å². The molecule has 0 fully saturated rings. The summed E-state index contributed by atoms with van der Waals surface area (Å²) in [6.45, 7) is 0.646. The van der Waals surface area contributed by atoms with Crippen LogP contribution in [0.3, 0.4) is 0 Å². The van der Waals surface area contributed by atoms with Crippen molar-refractivity contribution in [1.29, 1.82) is 0 Å². The number of hydrogen-bond donors (Lipinski definition) is 1. The monoisotopic (exact) mass is 301 g/mol. The molecule has 3 nitrogen and oxygen atoms in total. The number of hydrogen-bond acceptors (Lipinski definition) is 4. The summed E-state index contributed by atoms with van der Waals surface area (Å²) in [5, 5.41) is 6.97. The quantitative estimate of drug-likeness (QED) is 0.772. The van der Waals surface area contributed by atoms with E-state index in [2.05, 4.69) is 15.3 Å². The van der Waals surface area contributed by atoms with Gasteiger partial charge in [-0.05, 0) is 24.3 Å². The standard InChI is InChI=1S/C15H12ClN3S/c16-12-5-1-2-6-13(12)18-9-11-10-20-15(19-11)14-7-3-4-8-17-14/h1-8,10,18H,9H2. The maximum Gasteiger partial charge on any atom is 0.142 e. The van der Waals surface area contributed by atoms with Crippen LogP contribution >= 0.6 is 22.9 Å². The molecule has 1 aromatic carbocycles. The number of nitrogens with zero attached hydrogens (tertiary/aromatic N) is 2. The summed E-state index contributed by atoms with van der Waals surface area (Å²) in [6, 6.07) is 13.5. The van der Waals surface area contributed by atoms with Gasteiger partial charge in [-0.15, -0.1) is 11.3 Å². The average molecular weight is 302 g/mol. The Morgan fingerprint density at radius 3 is 2.75 bits per heavy atom. The molecule has 100 valence electrons. The molecule has 5 heteroatoms. The summed E-state index contributed by atoms with van der Waals surface area (Å²) < 4.78 is 0. The van der Waals surface area contributed by atoms with Gasteiger partial charge < -0.3 is 5.32 Å². The molecule has 0 atom stereocenters. The third-order valence-electron chi connectivity index (χ3n) is 2.77. The SMILES string of the molecule is Clc1ccccc1NCc1csc(-c2ccccn2)n1. The van der Waals surface area contributed by atoms with Gasteiger partial charge in [-0.25, -0.2) is 4.98 Å². The van der Waals surface area contributed by atoms with Gasteiger partial charge in [0.2, 0.25) is 0 Å². The topological polar surface area (TPSA) is 37.8 Å². The Hall–Kier alpha value is -1.91. The molecule has 0 aliphatic rings. The lowest BCUT2D eigenvalue weighted by atomic mass is 10.3. The van der Waals surface area contributed by atoms with Crippen LogP contribution in [0.5, 0.6) is 0 Å². The third-order valence-corrected chi connectivity index (χ3v) is 4.01. The second-order valence-electron chi connectivity index (χ2n) is 4.19. The minimum atomic E-state index is 0.646. The van der Waals surface area contributed by atoms with E-state index in [9.17, 15) is 0 Å². The molecule has 0 amide bonds. The molecule has 0 unspecified atom stereocenters. The lowest BCUT2D eigenvalue weighted by Crippen LogP contribution is -2.00. The van der Waals surface area contributed by atoms with E-state index >= 15 is 0 Å². The first-order valence-corrected chi connectivity index (χ1v) is 7.43. The number of anilines is 1. The molecule has 0 saturated heterocycles. The zero-order valence-electron chi connectivity index (χ0n) is 10.6. The van der Waals surface area contributed by atoms with Crippen molar-refractivity contribution in [2.24, 2.45) is 0 Å². The van der Waals surface area contributed by atoms with E-state index in [0.29, 0.717) is 11.6 Å². The summed E-state index contributed by atoms with van der Waals surface area (Å²) in [7, 11) is 0. The van der Waals surface area contributed by atoms with Crippen molar-refractivity contribution in [1.82, 2.24) is 9.97 Å². The predicted molar refractivity (Wildman–Crippen MR) is 84.1 cm³/mol. The molecule has 3 rings (SSSR count). The number of nitrogens with one attached hydrogen (secondary N) is 1. The highest BCUT2D eigenvalue weighted by atomic mass is 35.5. The summed E-state index contributed by atoms with van der Waals surface area (Å²) in [6.07, 6.45) is 1.78. The van der Waals surface area contributed by atoms with Crippen molar-refractivity contribution in [3.05, 3.63) is 64.8 Å². The largest absolute Gasteiger partial charge is 0.378 e. The number of benzene rings is 1. The molecule has 1 N–H and O–H groups in total. The molecule has 20 heavy (non-hydrogen) atoms. The van der Waals surface area contributed by atoms with E-state index in [1.165, 1.54) is 0 Å². The lowest BCUT2D eigenvalue weighted by molar-refractivity contribution is 1.07. The van der Waals surface area contributed by atoms with Crippen LogP contribution in [0.15, 0.2) is 54.0 Å². The summed E-state index contributed by atoms with van der Waals surface area (Å²) in [5.74, 6) is 0. The van der Waals surface area contributed by atoms with Crippen LogP contribution in [0.1, 0.15) is 5.69 Å². The fraction of sp³-hybridized carbons (Fsp3) is 0.0667.